The summed E-state index contributed by atoms with van der Waals surface area (Å²) in [4.78, 5) is 0. The third kappa shape index (κ3) is 2.88. The van der Waals surface area contributed by atoms with Gasteiger partial charge in [0.05, 0.1) is 12.2 Å². The summed E-state index contributed by atoms with van der Waals surface area (Å²) in [6, 6.07) is 0. The van der Waals surface area contributed by atoms with Crippen LogP contribution in [0.2, 0.25) is 0 Å². The van der Waals surface area contributed by atoms with Gasteiger partial charge >= 0.3 is 0 Å². The molecule has 0 saturated heterocycles. The first kappa shape index (κ1) is 20.9. The van der Waals surface area contributed by atoms with E-state index in [4.69, 9.17) is 0 Å². The lowest BCUT2D eigenvalue weighted by Crippen LogP contribution is -2.62. The van der Waals surface area contributed by atoms with Crippen LogP contribution < -0.4 is 0 Å². The third-order valence-electron chi connectivity index (χ3n) is 10.7. The standard InChI is InChI=1S/C26H44O2/c1-6-8-16(3)19-9-10-20-23-21(12-14-25(19,20)4)26(5)13-11-17(27)15-22(26)18(7-2)24(23)28/h6,16-24,27-28H,1,7-15H2,2-5H3/t16-,17-,18-,19-,20?,21?,22+,23?,24-,25-,26-/m1/s1. The summed E-state index contributed by atoms with van der Waals surface area (Å²) in [6.45, 7) is 13.8. The van der Waals surface area contributed by atoms with Gasteiger partial charge in [-0.2, -0.15) is 0 Å². The van der Waals surface area contributed by atoms with Gasteiger partial charge in [-0.05, 0) is 104 Å². The number of hydrogen-bond donors (Lipinski definition) is 2. The quantitative estimate of drug-likeness (QED) is 0.595. The second-order valence-corrected chi connectivity index (χ2v) is 11.6. The van der Waals surface area contributed by atoms with Gasteiger partial charge in [-0.1, -0.05) is 40.2 Å². The Kier molecular flexibility index (Phi) is 5.54. The molecule has 0 amide bonds. The van der Waals surface area contributed by atoms with Crippen LogP contribution in [0.1, 0.15) is 85.5 Å². The SMILES string of the molecule is C=CC[C@@H](C)[C@H]1CCC2C3C(CC[C@@]21C)[C@@]1(C)CC[C@@H](O)C[C@H]1[C@@H](CC)[C@H]3O. The zero-order chi connectivity index (χ0) is 20.3. The zero-order valence-electron chi connectivity index (χ0n) is 18.7. The summed E-state index contributed by atoms with van der Waals surface area (Å²) in [5.41, 5.74) is 0.705. The highest BCUT2D eigenvalue weighted by molar-refractivity contribution is 5.13. The summed E-state index contributed by atoms with van der Waals surface area (Å²) in [7, 11) is 0. The predicted molar refractivity (Wildman–Crippen MR) is 116 cm³/mol. The van der Waals surface area contributed by atoms with Crippen LogP contribution in [0.3, 0.4) is 0 Å². The summed E-state index contributed by atoms with van der Waals surface area (Å²) in [5.74, 6) is 4.15. The third-order valence-corrected chi connectivity index (χ3v) is 10.7. The maximum absolute atomic E-state index is 11.7. The average molecular weight is 389 g/mol. The van der Waals surface area contributed by atoms with Gasteiger partial charge in [0, 0.05) is 0 Å². The molecule has 0 aromatic heterocycles. The molecule has 4 rings (SSSR count). The minimum atomic E-state index is -0.170. The topological polar surface area (TPSA) is 40.5 Å². The van der Waals surface area contributed by atoms with Gasteiger partial charge in [-0.25, -0.2) is 0 Å². The normalized spacial score (nSPS) is 54.4. The molecule has 2 nitrogen and oxygen atoms in total. The molecule has 4 fully saturated rings. The van der Waals surface area contributed by atoms with E-state index in [1.54, 1.807) is 0 Å². The molecule has 2 heteroatoms. The van der Waals surface area contributed by atoms with Crippen molar-refractivity contribution in [2.75, 3.05) is 0 Å². The molecule has 0 radical (unpaired) electrons. The molecule has 4 aliphatic rings. The predicted octanol–water partition coefficient (Wildman–Crippen LogP) is 5.83. The molecular weight excluding hydrogens is 344 g/mol. The fraction of sp³-hybridized carbons (Fsp3) is 0.923. The number of hydrogen-bond acceptors (Lipinski definition) is 2. The Hall–Kier alpha value is -0.340. The van der Waals surface area contributed by atoms with Crippen molar-refractivity contribution in [2.45, 2.75) is 97.7 Å². The molecule has 0 aromatic rings. The van der Waals surface area contributed by atoms with Crippen LogP contribution in [0.15, 0.2) is 12.7 Å². The van der Waals surface area contributed by atoms with E-state index in [2.05, 4.69) is 40.3 Å². The molecule has 0 spiro atoms. The molecular formula is C26H44O2. The van der Waals surface area contributed by atoms with E-state index >= 15 is 0 Å². The van der Waals surface area contributed by atoms with Crippen molar-refractivity contribution in [1.29, 1.82) is 0 Å². The van der Waals surface area contributed by atoms with E-state index < -0.39 is 0 Å². The molecule has 0 heterocycles. The monoisotopic (exact) mass is 388 g/mol. The number of aliphatic hydroxyl groups is 2. The fourth-order valence-electron chi connectivity index (χ4n) is 9.36. The van der Waals surface area contributed by atoms with Crippen molar-refractivity contribution >= 4 is 0 Å². The van der Waals surface area contributed by atoms with Crippen molar-refractivity contribution < 1.29 is 10.2 Å². The minimum absolute atomic E-state index is 0.152. The molecule has 160 valence electrons. The molecule has 11 atom stereocenters. The summed E-state index contributed by atoms with van der Waals surface area (Å²) >= 11 is 0. The highest BCUT2D eigenvalue weighted by Crippen LogP contribution is 2.69. The number of fused-ring (bicyclic) bond motifs is 5. The largest absolute Gasteiger partial charge is 0.393 e. The molecule has 2 N–H and O–H groups in total. The van der Waals surface area contributed by atoms with Crippen LogP contribution >= 0.6 is 0 Å². The van der Waals surface area contributed by atoms with E-state index in [9.17, 15) is 10.2 Å². The minimum Gasteiger partial charge on any atom is -0.393 e. The van der Waals surface area contributed by atoms with Crippen LogP contribution in [-0.4, -0.2) is 22.4 Å². The number of aliphatic hydroxyl groups excluding tert-OH is 2. The van der Waals surface area contributed by atoms with Crippen LogP contribution in [0.25, 0.3) is 0 Å². The smallest absolute Gasteiger partial charge is 0.0605 e. The molecule has 0 aromatic carbocycles. The maximum Gasteiger partial charge on any atom is 0.0605 e. The lowest BCUT2D eigenvalue weighted by molar-refractivity contribution is -0.203. The molecule has 28 heavy (non-hydrogen) atoms. The van der Waals surface area contributed by atoms with Crippen molar-refractivity contribution in [3.8, 4) is 0 Å². The van der Waals surface area contributed by atoms with Crippen molar-refractivity contribution in [3.05, 3.63) is 12.7 Å². The molecule has 0 bridgehead atoms. The van der Waals surface area contributed by atoms with Gasteiger partial charge in [-0.3, -0.25) is 0 Å². The average Bonchev–Trinajstić information content (AvgIpc) is 3.01. The van der Waals surface area contributed by atoms with Gasteiger partial charge in [0.1, 0.15) is 0 Å². The second kappa shape index (κ2) is 7.41. The lowest BCUT2D eigenvalue weighted by Gasteiger charge is -2.64. The van der Waals surface area contributed by atoms with Gasteiger partial charge in [0.2, 0.25) is 0 Å². The Balaban J connectivity index is 1.67. The van der Waals surface area contributed by atoms with Crippen LogP contribution in [0.5, 0.6) is 0 Å². The maximum atomic E-state index is 11.7. The highest BCUT2D eigenvalue weighted by atomic mass is 16.3. The van der Waals surface area contributed by atoms with E-state index in [-0.39, 0.29) is 12.2 Å². The van der Waals surface area contributed by atoms with Crippen molar-refractivity contribution in [2.24, 2.45) is 52.3 Å². The van der Waals surface area contributed by atoms with E-state index in [1.807, 2.05) is 0 Å². The van der Waals surface area contributed by atoms with Crippen molar-refractivity contribution in [1.82, 2.24) is 0 Å². The molecule has 4 saturated carbocycles. The molecule has 0 aliphatic heterocycles. The van der Waals surface area contributed by atoms with Crippen molar-refractivity contribution in [3.63, 3.8) is 0 Å². The van der Waals surface area contributed by atoms with E-state index in [0.717, 1.165) is 38.0 Å². The Bertz CT molecular complexity index is 587. The molecule has 4 aliphatic carbocycles. The van der Waals surface area contributed by atoms with Crippen LogP contribution in [0, 0.1) is 52.3 Å². The van der Waals surface area contributed by atoms with Gasteiger partial charge in [0.15, 0.2) is 0 Å². The van der Waals surface area contributed by atoms with Gasteiger partial charge < -0.3 is 10.2 Å². The van der Waals surface area contributed by atoms with E-state index in [1.165, 1.54) is 25.7 Å². The first-order valence-electron chi connectivity index (χ1n) is 12.2. The van der Waals surface area contributed by atoms with Gasteiger partial charge in [-0.15, -0.1) is 6.58 Å². The van der Waals surface area contributed by atoms with Crippen LogP contribution in [-0.2, 0) is 0 Å². The first-order valence-corrected chi connectivity index (χ1v) is 12.2. The van der Waals surface area contributed by atoms with Crippen LogP contribution in [0.4, 0.5) is 0 Å². The first-order chi connectivity index (χ1) is 13.3. The lowest BCUT2D eigenvalue weighted by atomic mass is 9.41. The number of rotatable bonds is 4. The molecule has 3 unspecified atom stereocenters. The Labute approximate surface area is 173 Å². The van der Waals surface area contributed by atoms with E-state index in [0.29, 0.717) is 46.3 Å². The summed E-state index contributed by atoms with van der Waals surface area (Å²) < 4.78 is 0. The fourth-order valence-corrected chi connectivity index (χ4v) is 9.36. The zero-order valence-corrected chi connectivity index (χ0v) is 18.7. The highest BCUT2D eigenvalue weighted by Gasteiger charge is 2.64. The Morgan fingerprint density at radius 3 is 2.36 bits per heavy atom. The summed E-state index contributed by atoms with van der Waals surface area (Å²) in [6.07, 6.45) is 12.2. The summed E-state index contributed by atoms with van der Waals surface area (Å²) in [5, 5.41) is 22.1. The Morgan fingerprint density at radius 1 is 1.00 bits per heavy atom. The second-order valence-electron chi connectivity index (χ2n) is 11.6. The van der Waals surface area contributed by atoms with Gasteiger partial charge in [0.25, 0.3) is 0 Å². The Morgan fingerprint density at radius 2 is 1.68 bits per heavy atom. The number of allylic oxidation sites excluding steroid dienone is 1.